The summed E-state index contributed by atoms with van der Waals surface area (Å²) in [6.07, 6.45) is 0.592. The van der Waals surface area contributed by atoms with Gasteiger partial charge in [0, 0.05) is 12.6 Å². The fourth-order valence-corrected chi connectivity index (χ4v) is 2.39. The third-order valence-corrected chi connectivity index (χ3v) is 3.58. The first-order valence-corrected chi connectivity index (χ1v) is 7.81. The van der Waals surface area contributed by atoms with E-state index in [1.54, 1.807) is 12.1 Å². The third kappa shape index (κ3) is 4.69. The Bertz CT molecular complexity index is 794. The van der Waals surface area contributed by atoms with Crippen molar-refractivity contribution in [3.8, 4) is 11.5 Å². The number of carbonyl (C=O) groups excluding carboxylic acids is 2. The van der Waals surface area contributed by atoms with Crippen molar-refractivity contribution in [2.45, 2.75) is 6.42 Å². The first kappa shape index (κ1) is 16.8. The molecule has 2 N–H and O–H groups in total. The predicted molar refractivity (Wildman–Crippen MR) is 89.2 cm³/mol. The summed E-state index contributed by atoms with van der Waals surface area (Å²) in [6.45, 7) is 0.254. The van der Waals surface area contributed by atoms with Gasteiger partial charge in [0.15, 0.2) is 13.2 Å². The quantitative estimate of drug-likeness (QED) is 0.839. The molecule has 2 aromatic rings. The number of nitrogens with one attached hydrogen (secondary N) is 2. The van der Waals surface area contributed by atoms with Crippen molar-refractivity contribution < 1.29 is 23.5 Å². The van der Waals surface area contributed by atoms with Gasteiger partial charge in [0.2, 0.25) is 0 Å². The molecule has 6 nitrogen and oxygen atoms in total. The number of carbonyl (C=O) groups is 2. The maximum atomic E-state index is 13.0. The van der Waals surface area contributed by atoms with Crippen LogP contribution in [0.15, 0.2) is 42.5 Å². The molecule has 2 aromatic carbocycles. The van der Waals surface area contributed by atoms with Crippen LogP contribution in [0.25, 0.3) is 0 Å². The summed E-state index contributed by atoms with van der Waals surface area (Å²) in [7, 11) is 0. The molecular formula is C18H17FN2O4. The zero-order valence-corrected chi connectivity index (χ0v) is 13.4. The van der Waals surface area contributed by atoms with E-state index in [9.17, 15) is 14.0 Å². The highest BCUT2D eigenvalue weighted by atomic mass is 19.1. The molecule has 130 valence electrons. The van der Waals surface area contributed by atoms with E-state index in [1.165, 1.54) is 18.2 Å². The number of benzene rings is 2. The molecule has 0 saturated heterocycles. The van der Waals surface area contributed by atoms with Crippen molar-refractivity contribution in [1.29, 1.82) is 0 Å². The average Bonchev–Trinajstić information content (AvgIpc) is 2.60. The molecule has 1 aliphatic heterocycles. The van der Waals surface area contributed by atoms with E-state index < -0.39 is 5.82 Å². The van der Waals surface area contributed by atoms with Crippen LogP contribution in [-0.4, -0.2) is 31.6 Å². The molecule has 0 bridgehead atoms. The highest BCUT2D eigenvalue weighted by Crippen LogP contribution is 2.28. The molecule has 0 saturated carbocycles. The lowest BCUT2D eigenvalue weighted by Crippen LogP contribution is -2.30. The highest BCUT2D eigenvalue weighted by Gasteiger charge is 2.15. The van der Waals surface area contributed by atoms with Crippen LogP contribution in [0.1, 0.15) is 5.56 Å². The molecule has 0 spiro atoms. The minimum atomic E-state index is -0.415. The van der Waals surface area contributed by atoms with Gasteiger partial charge in [0.05, 0.1) is 5.69 Å². The van der Waals surface area contributed by atoms with Gasteiger partial charge in [-0.2, -0.15) is 0 Å². The number of fused-ring (bicyclic) bond motifs is 1. The van der Waals surface area contributed by atoms with Crippen LogP contribution < -0.4 is 20.1 Å². The van der Waals surface area contributed by atoms with E-state index in [2.05, 4.69) is 10.6 Å². The van der Waals surface area contributed by atoms with Crippen molar-refractivity contribution in [1.82, 2.24) is 5.32 Å². The highest BCUT2D eigenvalue weighted by molar-refractivity contribution is 5.95. The van der Waals surface area contributed by atoms with Crippen molar-refractivity contribution >= 4 is 17.5 Å². The molecule has 1 heterocycles. The average molecular weight is 344 g/mol. The lowest BCUT2D eigenvalue weighted by Gasteiger charge is -2.18. The summed E-state index contributed by atoms with van der Waals surface area (Å²) >= 11 is 0. The van der Waals surface area contributed by atoms with E-state index in [4.69, 9.17) is 9.47 Å². The lowest BCUT2D eigenvalue weighted by molar-refractivity contribution is -0.123. The number of halogens is 1. The molecule has 7 heteroatoms. The molecule has 1 aliphatic rings. The first-order chi connectivity index (χ1) is 12.1. The molecule has 0 fully saturated rings. The Hall–Kier alpha value is -3.09. The number of ether oxygens (including phenoxy) is 2. The Morgan fingerprint density at radius 1 is 1.28 bits per heavy atom. The second-order valence-electron chi connectivity index (χ2n) is 5.51. The number of hydrogen-bond donors (Lipinski definition) is 2. The van der Waals surface area contributed by atoms with Gasteiger partial charge in [-0.1, -0.05) is 12.1 Å². The SMILES string of the molecule is O=C(COc1cccc(F)c1)NCCc1ccc2c(c1)NC(=O)CO2. The van der Waals surface area contributed by atoms with Crippen molar-refractivity contribution in [2.75, 3.05) is 25.1 Å². The van der Waals surface area contributed by atoms with Gasteiger partial charge in [0.1, 0.15) is 17.3 Å². The fraction of sp³-hybridized carbons (Fsp3) is 0.222. The Kier molecular flexibility index (Phi) is 5.13. The monoisotopic (exact) mass is 344 g/mol. The minimum absolute atomic E-state index is 0.0215. The Balaban J connectivity index is 1.44. The molecule has 2 amide bonds. The summed E-state index contributed by atoms with van der Waals surface area (Å²) in [4.78, 5) is 23.1. The van der Waals surface area contributed by atoms with Crippen LogP contribution in [0.3, 0.4) is 0 Å². The van der Waals surface area contributed by atoms with Gasteiger partial charge in [-0.25, -0.2) is 4.39 Å². The van der Waals surface area contributed by atoms with E-state index in [1.807, 2.05) is 12.1 Å². The summed E-state index contributed by atoms with van der Waals surface area (Å²) in [6, 6.07) is 11.1. The first-order valence-electron chi connectivity index (χ1n) is 7.81. The van der Waals surface area contributed by atoms with Gasteiger partial charge in [-0.05, 0) is 36.2 Å². The van der Waals surface area contributed by atoms with Gasteiger partial charge in [-0.3, -0.25) is 9.59 Å². The van der Waals surface area contributed by atoms with Crippen LogP contribution in [0.4, 0.5) is 10.1 Å². The van der Waals surface area contributed by atoms with Crippen LogP contribution in [0, 0.1) is 5.82 Å². The standard InChI is InChI=1S/C18H17FN2O4/c19-13-2-1-3-14(9-13)24-10-17(22)20-7-6-12-4-5-16-15(8-12)21-18(23)11-25-16/h1-5,8-9H,6-7,10-11H2,(H,20,22)(H,21,23). The number of amides is 2. The van der Waals surface area contributed by atoms with E-state index in [-0.39, 0.29) is 25.0 Å². The molecule has 0 radical (unpaired) electrons. The zero-order chi connectivity index (χ0) is 17.6. The number of rotatable bonds is 6. The molecule has 25 heavy (non-hydrogen) atoms. The molecule has 0 unspecified atom stereocenters. The number of anilines is 1. The van der Waals surface area contributed by atoms with Gasteiger partial charge < -0.3 is 20.1 Å². The maximum absolute atomic E-state index is 13.0. The second kappa shape index (κ2) is 7.65. The van der Waals surface area contributed by atoms with Crippen molar-refractivity contribution in [3.63, 3.8) is 0 Å². The summed E-state index contributed by atoms with van der Waals surface area (Å²) in [5.41, 5.74) is 1.59. The summed E-state index contributed by atoms with van der Waals surface area (Å²) < 4.78 is 23.5. The molecular weight excluding hydrogens is 327 g/mol. The summed E-state index contributed by atoms with van der Waals surface area (Å²) in [5, 5.41) is 5.47. The van der Waals surface area contributed by atoms with Gasteiger partial charge >= 0.3 is 0 Å². The maximum Gasteiger partial charge on any atom is 0.262 e. The van der Waals surface area contributed by atoms with E-state index in [0.717, 1.165) is 5.56 Å². The predicted octanol–water partition coefficient (Wildman–Crippen LogP) is 1.89. The van der Waals surface area contributed by atoms with Crippen LogP contribution >= 0.6 is 0 Å². The minimum Gasteiger partial charge on any atom is -0.484 e. The van der Waals surface area contributed by atoms with Crippen molar-refractivity contribution in [2.24, 2.45) is 0 Å². The van der Waals surface area contributed by atoms with Crippen LogP contribution in [0.2, 0.25) is 0 Å². The van der Waals surface area contributed by atoms with Gasteiger partial charge in [0.25, 0.3) is 11.8 Å². The van der Waals surface area contributed by atoms with Crippen LogP contribution in [0.5, 0.6) is 11.5 Å². The molecule has 3 rings (SSSR count). The van der Waals surface area contributed by atoms with E-state index in [0.29, 0.717) is 30.2 Å². The molecule has 0 aromatic heterocycles. The van der Waals surface area contributed by atoms with Crippen LogP contribution in [-0.2, 0) is 16.0 Å². The Morgan fingerprint density at radius 2 is 2.16 bits per heavy atom. The van der Waals surface area contributed by atoms with E-state index >= 15 is 0 Å². The lowest BCUT2D eigenvalue weighted by atomic mass is 10.1. The largest absolute Gasteiger partial charge is 0.484 e. The normalized spacial score (nSPS) is 12.6. The smallest absolute Gasteiger partial charge is 0.262 e. The Labute approximate surface area is 143 Å². The fourth-order valence-electron chi connectivity index (χ4n) is 2.39. The van der Waals surface area contributed by atoms with Crippen molar-refractivity contribution in [3.05, 3.63) is 53.8 Å². The second-order valence-corrected chi connectivity index (χ2v) is 5.51. The third-order valence-electron chi connectivity index (χ3n) is 3.58. The molecule has 0 aliphatic carbocycles. The topological polar surface area (TPSA) is 76.7 Å². The summed E-state index contributed by atoms with van der Waals surface area (Å²) in [5.74, 6) is 0.0455. The van der Waals surface area contributed by atoms with Gasteiger partial charge in [-0.15, -0.1) is 0 Å². The zero-order valence-electron chi connectivity index (χ0n) is 13.4. The number of hydrogen-bond acceptors (Lipinski definition) is 4. The molecule has 0 atom stereocenters. The Morgan fingerprint density at radius 3 is 3.00 bits per heavy atom.